The number of unbranched alkanes of at least 4 members (excludes halogenated alkanes) is 3. The molecule has 1 aromatic rings. The van der Waals surface area contributed by atoms with E-state index >= 15 is 0 Å². The Morgan fingerprint density at radius 1 is 0.682 bits per heavy atom. The van der Waals surface area contributed by atoms with Crippen LogP contribution in [-0.4, -0.2) is 6.61 Å². The third-order valence-corrected chi connectivity index (χ3v) is 4.48. The first-order valence-electron chi connectivity index (χ1n) is 9.48. The number of aryl methyl sites for hydroxylation is 3. The highest BCUT2D eigenvalue weighted by Gasteiger charge is 2.11. The smallest absolute Gasteiger partial charge is 0.0825 e. The van der Waals surface area contributed by atoms with Crippen LogP contribution < -0.4 is 0 Å². The average Bonchev–Trinajstić information content (AvgIpc) is 2.54. The topological polar surface area (TPSA) is 19.9 Å². The molecule has 0 heterocycles. The zero-order chi connectivity index (χ0) is 16.2. The van der Waals surface area contributed by atoms with Crippen molar-refractivity contribution in [3.8, 4) is 0 Å². The Hall–Kier alpha value is -0.820. The molecule has 0 aliphatic carbocycles. The average molecular weight is 304 g/mol. The molecule has 0 N–H and O–H groups in total. The molecule has 1 rings (SSSR count). The normalized spacial score (nSPS) is 11.1. The summed E-state index contributed by atoms with van der Waals surface area (Å²) in [6.07, 6.45) is 12.9. The second-order valence-corrected chi connectivity index (χ2v) is 6.51. The van der Waals surface area contributed by atoms with Crippen molar-refractivity contribution >= 4 is 0 Å². The van der Waals surface area contributed by atoms with E-state index < -0.39 is 0 Å². The minimum Gasteiger partial charge on any atom is -0.237 e. The molecule has 0 aliphatic heterocycles. The molecular weight excluding hydrogens is 268 g/mol. The minimum atomic E-state index is 0.0536. The van der Waals surface area contributed by atoms with Gasteiger partial charge in [0.1, 0.15) is 0 Å². The lowest BCUT2D eigenvalue weighted by Gasteiger charge is -2.17. The van der Waals surface area contributed by atoms with E-state index in [4.69, 9.17) is 0 Å². The second-order valence-electron chi connectivity index (χ2n) is 6.51. The van der Waals surface area contributed by atoms with Crippen LogP contribution in [0.5, 0.6) is 0 Å². The van der Waals surface area contributed by atoms with Gasteiger partial charge in [-0.3, -0.25) is 0 Å². The molecule has 22 heavy (non-hydrogen) atoms. The summed E-state index contributed by atoms with van der Waals surface area (Å²) in [4.78, 5) is 0. The van der Waals surface area contributed by atoms with Crippen LogP contribution in [0.25, 0.3) is 0 Å². The van der Waals surface area contributed by atoms with Crippen LogP contribution >= 0.6 is 0 Å². The molecule has 0 bridgehead atoms. The molecule has 0 saturated carbocycles. The Balaban J connectivity index is 3.07. The second kappa shape index (κ2) is 11.7. The number of rotatable bonds is 12. The molecule has 0 amide bonds. The van der Waals surface area contributed by atoms with Crippen molar-refractivity contribution in [3.05, 3.63) is 34.4 Å². The highest BCUT2D eigenvalue weighted by atomic mass is 16.2. The highest BCUT2D eigenvalue weighted by molar-refractivity contribution is 5.40. The van der Waals surface area contributed by atoms with Gasteiger partial charge in [0.05, 0.1) is 6.61 Å². The van der Waals surface area contributed by atoms with E-state index in [1.54, 1.807) is 0 Å². The first-order valence-corrected chi connectivity index (χ1v) is 9.48. The summed E-state index contributed by atoms with van der Waals surface area (Å²) < 4.78 is 0. The highest BCUT2D eigenvalue weighted by Crippen LogP contribution is 2.24. The van der Waals surface area contributed by atoms with Gasteiger partial charge in [0.25, 0.3) is 0 Å². The predicted molar refractivity (Wildman–Crippen MR) is 96.2 cm³/mol. The maximum atomic E-state index is 11.0. The van der Waals surface area contributed by atoms with Gasteiger partial charge < -0.3 is 0 Å². The van der Waals surface area contributed by atoms with Gasteiger partial charge in [-0.1, -0.05) is 52.2 Å². The number of benzene rings is 1. The summed E-state index contributed by atoms with van der Waals surface area (Å²) >= 11 is 0. The van der Waals surface area contributed by atoms with E-state index in [9.17, 15) is 5.11 Å². The van der Waals surface area contributed by atoms with Crippen molar-refractivity contribution in [1.29, 1.82) is 0 Å². The predicted octanol–water partition coefficient (Wildman–Crippen LogP) is 6.08. The summed E-state index contributed by atoms with van der Waals surface area (Å²) in [6, 6.07) is 4.89. The number of hydrogen-bond acceptors (Lipinski definition) is 0. The molecule has 0 unspecified atom stereocenters. The van der Waals surface area contributed by atoms with Crippen molar-refractivity contribution in [2.24, 2.45) is 0 Å². The molecule has 0 fully saturated rings. The summed E-state index contributed by atoms with van der Waals surface area (Å²) in [5, 5.41) is 11.0. The summed E-state index contributed by atoms with van der Waals surface area (Å²) in [5.41, 5.74) is 6.10. The van der Waals surface area contributed by atoms with E-state index in [0.717, 1.165) is 12.8 Å². The lowest BCUT2D eigenvalue weighted by molar-refractivity contribution is 0.189. The SMILES string of the molecule is CCCCc1cc(CCCC)c(CCC[O])c(CCCC)c1. The van der Waals surface area contributed by atoms with Crippen LogP contribution in [0, 0.1) is 0 Å². The van der Waals surface area contributed by atoms with E-state index in [2.05, 4.69) is 32.9 Å². The van der Waals surface area contributed by atoms with Crippen LogP contribution in [0.3, 0.4) is 0 Å². The lowest BCUT2D eigenvalue weighted by atomic mass is 9.88. The Morgan fingerprint density at radius 3 is 1.64 bits per heavy atom. The third-order valence-electron chi connectivity index (χ3n) is 4.48. The minimum absolute atomic E-state index is 0.0536. The van der Waals surface area contributed by atoms with Crippen LogP contribution in [0.15, 0.2) is 12.1 Å². The fourth-order valence-corrected chi connectivity index (χ4v) is 3.15. The van der Waals surface area contributed by atoms with Gasteiger partial charge in [-0.15, -0.1) is 0 Å². The first-order chi connectivity index (χ1) is 10.8. The molecule has 1 nitrogen and oxygen atoms in total. The summed E-state index contributed by atoms with van der Waals surface area (Å²) in [6.45, 7) is 6.84. The Kier molecular flexibility index (Phi) is 10.2. The molecule has 0 atom stereocenters. The van der Waals surface area contributed by atoms with E-state index in [1.165, 1.54) is 80.0 Å². The van der Waals surface area contributed by atoms with Crippen LogP contribution in [0.4, 0.5) is 0 Å². The summed E-state index contributed by atoms with van der Waals surface area (Å²) in [7, 11) is 0. The maximum absolute atomic E-state index is 11.0. The molecule has 1 heteroatoms. The molecule has 1 aromatic carbocycles. The maximum Gasteiger partial charge on any atom is 0.0825 e. The van der Waals surface area contributed by atoms with Gasteiger partial charge >= 0.3 is 0 Å². The third kappa shape index (κ3) is 6.52. The van der Waals surface area contributed by atoms with Crippen molar-refractivity contribution in [3.63, 3.8) is 0 Å². The van der Waals surface area contributed by atoms with Gasteiger partial charge in [0.2, 0.25) is 0 Å². The van der Waals surface area contributed by atoms with Crippen molar-refractivity contribution < 1.29 is 5.11 Å². The fourth-order valence-electron chi connectivity index (χ4n) is 3.15. The zero-order valence-corrected chi connectivity index (χ0v) is 15.0. The Labute approximate surface area is 138 Å². The van der Waals surface area contributed by atoms with Gasteiger partial charge in [0.15, 0.2) is 0 Å². The van der Waals surface area contributed by atoms with E-state index in [-0.39, 0.29) is 6.61 Å². The molecule has 0 spiro atoms. The van der Waals surface area contributed by atoms with Gasteiger partial charge in [-0.2, -0.15) is 0 Å². The van der Waals surface area contributed by atoms with Crippen molar-refractivity contribution in [2.45, 2.75) is 91.4 Å². The molecular formula is C21H35O. The molecule has 125 valence electrons. The van der Waals surface area contributed by atoms with Crippen LogP contribution in [0.1, 0.15) is 88.0 Å². The number of hydrogen-bond donors (Lipinski definition) is 0. The lowest BCUT2D eigenvalue weighted by Crippen LogP contribution is -2.05. The zero-order valence-electron chi connectivity index (χ0n) is 15.0. The Bertz CT molecular complexity index is 379. The first kappa shape index (κ1) is 19.2. The largest absolute Gasteiger partial charge is 0.237 e. The summed E-state index contributed by atoms with van der Waals surface area (Å²) in [5.74, 6) is 0. The van der Waals surface area contributed by atoms with Crippen LogP contribution in [-0.2, 0) is 30.8 Å². The monoisotopic (exact) mass is 303 g/mol. The standard InChI is InChI=1S/C21H35O/c1-4-7-11-18-16-19(12-8-5-2)21(14-10-15-22)20(17-18)13-9-6-3/h16-17H,4-15H2,1-3H3. The molecule has 0 aromatic heterocycles. The van der Waals surface area contributed by atoms with Crippen LogP contribution in [0.2, 0.25) is 0 Å². The van der Waals surface area contributed by atoms with Gasteiger partial charge in [0, 0.05) is 0 Å². The molecule has 0 saturated heterocycles. The van der Waals surface area contributed by atoms with Crippen molar-refractivity contribution in [1.82, 2.24) is 0 Å². The van der Waals surface area contributed by atoms with Gasteiger partial charge in [-0.25, -0.2) is 5.11 Å². The molecule has 0 aliphatic rings. The van der Waals surface area contributed by atoms with E-state index in [1.807, 2.05) is 0 Å². The van der Waals surface area contributed by atoms with Crippen molar-refractivity contribution in [2.75, 3.05) is 6.61 Å². The van der Waals surface area contributed by atoms with E-state index in [0.29, 0.717) is 0 Å². The quantitative estimate of drug-likeness (QED) is 0.446. The Morgan fingerprint density at radius 2 is 1.18 bits per heavy atom. The van der Waals surface area contributed by atoms with Gasteiger partial charge in [-0.05, 0) is 73.6 Å². The molecule has 1 radical (unpaired) electrons. The fraction of sp³-hybridized carbons (Fsp3) is 0.714.